The molecule has 1 aliphatic heterocycles. The number of ether oxygens (including phenoxy) is 1. The van der Waals surface area contributed by atoms with Crippen LogP contribution in [0, 0.1) is 0 Å². The Balaban J connectivity index is 2.10. The van der Waals surface area contributed by atoms with Crippen molar-refractivity contribution in [1.29, 1.82) is 0 Å². The van der Waals surface area contributed by atoms with E-state index in [2.05, 4.69) is 0 Å². The molecule has 1 aromatic carbocycles. The Morgan fingerprint density at radius 2 is 2.29 bits per heavy atom. The molecule has 0 spiro atoms. The minimum Gasteiger partial charge on any atom is -0.484 e. The van der Waals surface area contributed by atoms with Crippen LogP contribution in [0.4, 0.5) is 5.69 Å². The molecule has 1 aromatic rings. The first kappa shape index (κ1) is 11.4. The number of primary amides is 1. The molecule has 5 heteroatoms. The number of nitrogens with zero attached hydrogens (tertiary/aromatic N) is 1. The standard InChI is InChI=1S/C12H14N2O3/c13-11(15)8-17-10-4-1-3-9(7-10)14-6-2-5-12(14)16/h1,3-4,7H,2,5-6,8H2,(H2,13,15). The summed E-state index contributed by atoms with van der Waals surface area (Å²) in [6.45, 7) is 0.579. The van der Waals surface area contributed by atoms with Gasteiger partial charge in [0.25, 0.3) is 5.91 Å². The average Bonchev–Trinajstić information content (AvgIpc) is 2.73. The van der Waals surface area contributed by atoms with Crippen molar-refractivity contribution in [3.05, 3.63) is 24.3 Å². The Morgan fingerprint density at radius 1 is 1.47 bits per heavy atom. The lowest BCUT2D eigenvalue weighted by Crippen LogP contribution is -2.24. The zero-order chi connectivity index (χ0) is 12.3. The van der Waals surface area contributed by atoms with Gasteiger partial charge < -0.3 is 15.4 Å². The van der Waals surface area contributed by atoms with Crippen LogP contribution in [0.3, 0.4) is 0 Å². The highest BCUT2D eigenvalue weighted by Gasteiger charge is 2.21. The van der Waals surface area contributed by atoms with E-state index in [-0.39, 0.29) is 12.5 Å². The van der Waals surface area contributed by atoms with Gasteiger partial charge in [-0.25, -0.2) is 0 Å². The largest absolute Gasteiger partial charge is 0.484 e. The van der Waals surface area contributed by atoms with Crippen molar-refractivity contribution >= 4 is 17.5 Å². The molecule has 0 unspecified atom stereocenters. The van der Waals surface area contributed by atoms with E-state index < -0.39 is 5.91 Å². The predicted molar refractivity (Wildman–Crippen MR) is 62.7 cm³/mol. The van der Waals surface area contributed by atoms with Gasteiger partial charge in [-0.3, -0.25) is 9.59 Å². The van der Waals surface area contributed by atoms with Crippen LogP contribution >= 0.6 is 0 Å². The number of carbonyl (C=O) groups is 2. The Morgan fingerprint density at radius 3 is 2.94 bits per heavy atom. The molecule has 0 saturated carbocycles. The SMILES string of the molecule is NC(=O)COc1cccc(N2CCCC2=O)c1. The molecule has 2 rings (SSSR count). The van der Waals surface area contributed by atoms with Gasteiger partial charge in [-0.05, 0) is 18.6 Å². The zero-order valence-electron chi connectivity index (χ0n) is 9.39. The van der Waals surface area contributed by atoms with Gasteiger partial charge >= 0.3 is 0 Å². The van der Waals surface area contributed by atoms with E-state index in [9.17, 15) is 9.59 Å². The molecule has 0 bridgehead atoms. The van der Waals surface area contributed by atoms with Crippen molar-refractivity contribution in [2.45, 2.75) is 12.8 Å². The van der Waals surface area contributed by atoms with Crippen molar-refractivity contribution in [1.82, 2.24) is 0 Å². The summed E-state index contributed by atoms with van der Waals surface area (Å²) in [5.41, 5.74) is 5.79. The summed E-state index contributed by atoms with van der Waals surface area (Å²) in [4.78, 5) is 23.9. The van der Waals surface area contributed by atoms with Crippen LogP contribution < -0.4 is 15.4 Å². The molecular weight excluding hydrogens is 220 g/mol. The van der Waals surface area contributed by atoms with Gasteiger partial charge in [0.1, 0.15) is 5.75 Å². The van der Waals surface area contributed by atoms with Crippen molar-refractivity contribution in [3.63, 3.8) is 0 Å². The van der Waals surface area contributed by atoms with Crippen LogP contribution in [0.1, 0.15) is 12.8 Å². The molecule has 2 N–H and O–H groups in total. The quantitative estimate of drug-likeness (QED) is 0.832. The van der Waals surface area contributed by atoms with Crippen LogP contribution in [0.15, 0.2) is 24.3 Å². The normalized spacial score (nSPS) is 15.1. The van der Waals surface area contributed by atoms with Gasteiger partial charge in [0, 0.05) is 24.7 Å². The van der Waals surface area contributed by atoms with Gasteiger partial charge in [-0.15, -0.1) is 0 Å². The van der Waals surface area contributed by atoms with Gasteiger partial charge in [-0.1, -0.05) is 6.07 Å². The summed E-state index contributed by atoms with van der Waals surface area (Å²) in [5, 5.41) is 0. The number of hydrogen-bond donors (Lipinski definition) is 1. The topological polar surface area (TPSA) is 72.6 Å². The van der Waals surface area contributed by atoms with E-state index in [4.69, 9.17) is 10.5 Å². The molecule has 90 valence electrons. The van der Waals surface area contributed by atoms with Gasteiger partial charge in [0.15, 0.2) is 6.61 Å². The van der Waals surface area contributed by atoms with E-state index in [0.717, 1.165) is 18.7 Å². The second-order valence-electron chi connectivity index (χ2n) is 3.90. The maximum absolute atomic E-state index is 11.6. The molecular formula is C12H14N2O3. The lowest BCUT2D eigenvalue weighted by molar-refractivity contribution is -0.120. The number of anilines is 1. The van der Waals surface area contributed by atoms with Crippen molar-refractivity contribution < 1.29 is 14.3 Å². The third-order valence-electron chi connectivity index (χ3n) is 2.58. The Kier molecular flexibility index (Phi) is 3.27. The number of amides is 2. The molecule has 0 atom stereocenters. The average molecular weight is 234 g/mol. The fourth-order valence-corrected chi connectivity index (χ4v) is 1.82. The Labute approximate surface area is 99.2 Å². The Bertz CT molecular complexity index is 445. The molecule has 1 saturated heterocycles. The lowest BCUT2D eigenvalue weighted by Gasteiger charge is -2.16. The van der Waals surface area contributed by atoms with E-state index in [1.165, 1.54) is 0 Å². The van der Waals surface area contributed by atoms with Gasteiger partial charge in [0.2, 0.25) is 5.91 Å². The number of benzene rings is 1. The smallest absolute Gasteiger partial charge is 0.255 e. The monoisotopic (exact) mass is 234 g/mol. The second kappa shape index (κ2) is 4.86. The number of rotatable bonds is 4. The highest BCUT2D eigenvalue weighted by Crippen LogP contribution is 2.25. The predicted octanol–water partition coefficient (Wildman–Crippen LogP) is 0.677. The first-order valence-corrected chi connectivity index (χ1v) is 5.48. The molecule has 17 heavy (non-hydrogen) atoms. The van der Waals surface area contributed by atoms with Crippen LogP contribution in [-0.4, -0.2) is 25.0 Å². The van der Waals surface area contributed by atoms with Crippen LogP contribution in [0.25, 0.3) is 0 Å². The third-order valence-corrected chi connectivity index (χ3v) is 2.58. The van der Waals surface area contributed by atoms with Crippen molar-refractivity contribution in [3.8, 4) is 5.75 Å². The number of nitrogens with two attached hydrogens (primary N) is 1. The maximum atomic E-state index is 11.6. The van der Waals surface area contributed by atoms with Crippen LogP contribution in [-0.2, 0) is 9.59 Å². The lowest BCUT2D eigenvalue weighted by atomic mass is 10.3. The third kappa shape index (κ3) is 2.75. The number of hydrogen-bond acceptors (Lipinski definition) is 3. The fraction of sp³-hybridized carbons (Fsp3) is 0.333. The van der Waals surface area contributed by atoms with Crippen molar-refractivity contribution in [2.75, 3.05) is 18.1 Å². The molecule has 1 aliphatic rings. The van der Waals surface area contributed by atoms with Crippen LogP contribution in [0.5, 0.6) is 5.75 Å². The van der Waals surface area contributed by atoms with Gasteiger partial charge in [0.05, 0.1) is 0 Å². The molecule has 2 amide bonds. The van der Waals surface area contributed by atoms with Gasteiger partial charge in [-0.2, -0.15) is 0 Å². The first-order valence-electron chi connectivity index (χ1n) is 5.48. The Hall–Kier alpha value is -2.04. The highest BCUT2D eigenvalue weighted by atomic mass is 16.5. The minimum atomic E-state index is -0.521. The molecule has 0 aliphatic carbocycles. The number of carbonyl (C=O) groups excluding carboxylic acids is 2. The van der Waals surface area contributed by atoms with E-state index in [1.807, 2.05) is 6.07 Å². The molecule has 5 nitrogen and oxygen atoms in total. The molecule has 0 radical (unpaired) electrons. The van der Waals surface area contributed by atoms with E-state index >= 15 is 0 Å². The summed E-state index contributed by atoms with van der Waals surface area (Å²) < 4.78 is 5.19. The first-order chi connectivity index (χ1) is 8.16. The van der Waals surface area contributed by atoms with Crippen molar-refractivity contribution in [2.24, 2.45) is 5.73 Å². The molecule has 1 fully saturated rings. The van der Waals surface area contributed by atoms with Crippen LogP contribution in [0.2, 0.25) is 0 Å². The van der Waals surface area contributed by atoms with E-state index in [0.29, 0.717) is 12.2 Å². The summed E-state index contributed by atoms with van der Waals surface area (Å²) in [5.74, 6) is 0.144. The molecule has 1 heterocycles. The summed E-state index contributed by atoms with van der Waals surface area (Å²) in [6, 6.07) is 7.11. The maximum Gasteiger partial charge on any atom is 0.255 e. The summed E-state index contributed by atoms with van der Waals surface area (Å²) in [7, 11) is 0. The summed E-state index contributed by atoms with van der Waals surface area (Å²) >= 11 is 0. The summed E-state index contributed by atoms with van der Waals surface area (Å²) in [6.07, 6.45) is 1.47. The highest BCUT2D eigenvalue weighted by molar-refractivity contribution is 5.95. The minimum absolute atomic E-state index is 0.122. The zero-order valence-corrected chi connectivity index (χ0v) is 9.39. The second-order valence-corrected chi connectivity index (χ2v) is 3.90. The fourth-order valence-electron chi connectivity index (χ4n) is 1.82. The molecule has 0 aromatic heterocycles. The van der Waals surface area contributed by atoms with E-state index in [1.54, 1.807) is 23.1 Å².